The minimum absolute atomic E-state index is 0.288. The number of benzene rings is 2. The van der Waals surface area contributed by atoms with Crippen molar-refractivity contribution in [2.45, 2.75) is 26.9 Å². The molecule has 0 aliphatic carbocycles. The number of halogens is 1. The minimum atomic E-state index is -0.305. The lowest BCUT2D eigenvalue weighted by Gasteiger charge is -2.10. The standard InChI is InChI=1S/C21H21FN4O/c1-14-4-3-5-17(10-14)13-23-20-11-19(25-15(2)26-20)21(27)24-12-16-6-8-18(22)9-7-16/h3-11H,12-13H2,1-2H3,(H,24,27)(H,23,25,26). The summed E-state index contributed by atoms with van der Waals surface area (Å²) in [6.07, 6.45) is 0. The van der Waals surface area contributed by atoms with Crippen molar-refractivity contribution in [1.29, 1.82) is 0 Å². The van der Waals surface area contributed by atoms with Gasteiger partial charge in [-0.05, 0) is 37.1 Å². The maximum Gasteiger partial charge on any atom is 0.270 e. The zero-order chi connectivity index (χ0) is 19.2. The Hall–Kier alpha value is -3.28. The van der Waals surface area contributed by atoms with E-state index in [0.29, 0.717) is 24.7 Å². The van der Waals surface area contributed by atoms with Crippen molar-refractivity contribution in [3.8, 4) is 0 Å². The Morgan fingerprint density at radius 2 is 1.74 bits per heavy atom. The molecule has 3 rings (SSSR count). The number of hydrogen-bond acceptors (Lipinski definition) is 4. The lowest BCUT2D eigenvalue weighted by Crippen LogP contribution is -2.24. The molecular formula is C21H21FN4O. The monoisotopic (exact) mass is 364 g/mol. The second kappa shape index (κ2) is 8.40. The lowest BCUT2D eigenvalue weighted by molar-refractivity contribution is 0.0945. The van der Waals surface area contributed by atoms with Gasteiger partial charge in [-0.15, -0.1) is 0 Å². The van der Waals surface area contributed by atoms with E-state index in [9.17, 15) is 9.18 Å². The average Bonchev–Trinajstić information content (AvgIpc) is 2.65. The predicted octanol–water partition coefficient (Wildman–Crippen LogP) is 3.77. The van der Waals surface area contributed by atoms with Crippen molar-refractivity contribution < 1.29 is 9.18 Å². The summed E-state index contributed by atoms with van der Waals surface area (Å²) >= 11 is 0. The number of carbonyl (C=O) groups excluding carboxylic acids is 1. The molecule has 0 bridgehead atoms. The van der Waals surface area contributed by atoms with Crippen LogP contribution in [-0.2, 0) is 13.1 Å². The van der Waals surface area contributed by atoms with Crippen molar-refractivity contribution in [3.63, 3.8) is 0 Å². The lowest BCUT2D eigenvalue weighted by atomic mass is 10.1. The molecule has 1 aromatic heterocycles. The normalized spacial score (nSPS) is 10.5. The summed E-state index contributed by atoms with van der Waals surface area (Å²) in [6.45, 7) is 4.69. The average molecular weight is 364 g/mol. The maximum atomic E-state index is 12.9. The number of rotatable bonds is 6. The van der Waals surface area contributed by atoms with E-state index in [1.807, 2.05) is 25.1 Å². The SMILES string of the molecule is Cc1cccc(CNc2cc(C(=O)NCc3ccc(F)cc3)nc(C)n2)c1. The molecule has 1 heterocycles. The number of nitrogens with one attached hydrogen (secondary N) is 2. The number of aryl methyl sites for hydroxylation is 2. The van der Waals surface area contributed by atoms with Gasteiger partial charge in [-0.2, -0.15) is 0 Å². The Labute approximate surface area is 157 Å². The van der Waals surface area contributed by atoms with Crippen molar-refractivity contribution in [1.82, 2.24) is 15.3 Å². The van der Waals surface area contributed by atoms with E-state index in [4.69, 9.17) is 0 Å². The number of amides is 1. The van der Waals surface area contributed by atoms with Gasteiger partial charge in [0, 0.05) is 19.2 Å². The van der Waals surface area contributed by atoms with E-state index in [2.05, 4.69) is 26.7 Å². The molecule has 138 valence electrons. The first kappa shape index (κ1) is 18.5. The van der Waals surface area contributed by atoms with Crippen molar-refractivity contribution >= 4 is 11.7 Å². The first-order chi connectivity index (χ1) is 13.0. The molecule has 6 heteroatoms. The summed E-state index contributed by atoms with van der Waals surface area (Å²) in [5.41, 5.74) is 3.42. The zero-order valence-corrected chi connectivity index (χ0v) is 15.3. The van der Waals surface area contributed by atoms with Crippen LogP contribution < -0.4 is 10.6 Å². The van der Waals surface area contributed by atoms with E-state index < -0.39 is 0 Å². The molecule has 0 saturated carbocycles. The van der Waals surface area contributed by atoms with Gasteiger partial charge >= 0.3 is 0 Å². The van der Waals surface area contributed by atoms with Gasteiger partial charge < -0.3 is 10.6 Å². The van der Waals surface area contributed by atoms with Crippen molar-refractivity contribution in [2.75, 3.05) is 5.32 Å². The van der Waals surface area contributed by atoms with Gasteiger partial charge in [0.25, 0.3) is 5.91 Å². The van der Waals surface area contributed by atoms with Gasteiger partial charge in [-0.3, -0.25) is 4.79 Å². The van der Waals surface area contributed by atoms with E-state index >= 15 is 0 Å². The Balaban J connectivity index is 1.64. The fourth-order valence-electron chi connectivity index (χ4n) is 2.66. The Morgan fingerprint density at radius 1 is 0.963 bits per heavy atom. The van der Waals surface area contributed by atoms with Crippen LogP contribution in [0.5, 0.6) is 0 Å². The maximum absolute atomic E-state index is 12.9. The molecule has 3 aromatic rings. The Kier molecular flexibility index (Phi) is 5.76. The molecule has 1 amide bonds. The van der Waals surface area contributed by atoms with Crippen LogP contribution in [0.2, 0.25) is 0 Å². The fourth-order valence-corrected chi connectivity index (χ4v) is 2.66. The zero-order valence-electron chi connectivity index (χ0n) is 15.3. The summed E-state index contributed by atoms with van der Waals surface area (Å²) in [5, 5.41) is 6.02. The van der Waals surface area contributed by atoms with Crippen LogP contribution in [0.4, 0.5) is 10.2 Å². The molecule has 0 aliphatic heterocycles. The predicted molar refractivity (Wildman–Crippen MR) is 103 cm³/mol. The number of carbonyl (C=O) groups is 1. The molecular weight excluding hydrogens is 343 g/mol. The molecule has 0 saturated heterocycles. The third-order valence-electron chi connectivity index (χ3n) is 3.99. The van der Waals surface area contributed by atoms with E-state index in [1.165, 1.54) is 17.7 Å². The molecule has 0 spiro atoms. The molecule has 0 radical (unpaired) electrons. The van der Waals surface area contributed by atoms with Crippen molar-refractivity contribution in [2.24, 2.45) is 0 Å². The van der Waals surface area contributed by atoms with E-state index in [0.717, 1.165) is 11.1 Å². The summed E-state index contributed by atoms with van der Waals surface area (Å²) in [7, 11) is 0. The highest BCUT2D eigenvalue weighted by Gasteiger charge is 2.10. The third-order valence-corrected chi connectivity index (χ3v) is 3.99. The molecule has 0 fully saturated rings. The van der Waals surface area contributed by atoms with Crippen LogP contribution in [0.15, 0.2) is 54.6 Å². The highest BCUT2D eigenvalue weighted by atomic mass is 19.1. The molecule has 27 heavy (non-hydrogen) atoms. The van der Waals surface area contributed by atoms with Gasteiger partial charge in [0.05, 0.1) is 0 Å². The molecule has 0 atom stereocenters. The van der Waals surface area contributed by atoms with Crippen LogP contribution in [-0.4, -0.2) is 15.9 Å². The van der Waals surface area contributed by atoms with Gasteiger partial charge in [0.15, 0.2) is 0 Å². The highest BCUT2D eigenvalue weighted by molar-refractivity contribution is 5.92. The van der Waals surface area contributed by atoms with Crippen LogP contribution in [0.3, 0.4) is 0 Å². The number of anilines is 1. The summed E-state index contributed by atoms with van der Waals surface area (Å²) in [6, 6.07) is 15.8. The largest absolute Gasteiger partial charge is 0.366 e. The quantitative estimate of drug-likeness (QED) is 0.699. The van der Waals surface area contributed by atoms with Gasteiger partial charge in [-0.1, -0.05) is 42.0 Å². The first-order valence-corrected chi connectivity index (χ1v) is 8.67. The first-order valence-electron chi connectivity index (χ1n) is 8.67. The summed E-state index contributed by atoms with van der Waals surface area (Å²) in [4.78, 5) is 20.9. The van der Waals surface area contributed by atoms with Crippen LogP contribution in [0.25, 0.3) is 0 Å². The molecule has 0 unspecified atom stereocenters. The highest BCUT2D eigenvalue weighted by Crippen LogP contribution is 2.11. The number of nitrogens with zero attached hydrogens (tertiary/aromatic N) is 2. The van der Waals surface area contributed by atoms with E-state index in [-0.39, 0.29) is 17.4 Å². The third kappa shape index (κ3) is 5.34. The topological polar surface area (TPSA) is 66.9 Å². The molecule has 5 nitrogen and oxygen atoms in total. The molecule has 2 aromatic carbocycles. The van der Waals surface area contributed by atoms with Gasteiger partial charge in [-0.25, -0.2) is 14.4 Å². The number of aromatic nitrogens is 2. The fraction of sp³-hybridized carbons (Fsp3) is 0.190. The van der Waals surface area contributed by atoms with Crippen LogP contribution in [0.1, 0.15) is 33.0 Å². The summed E-state index contributed by atoms with van der Waals surface area (Å²) < 4.78 is 12.9. The van der Waals surface area contributed by atoms with Crippen molar-refractivity contribution in [3.05, 3.63) is 88.6 Å². The van der Waals surface area contributed by atoms with Crippen LogP contribution >= 0.6 is 0 Å². The Bertz CT molecular complexity index is 941. The second-order valence-corrected chi connectivity index (χ2v) is 6.34. The molecule has 0 aliphatic rings. The van der Waals surface area contributed by atoms with E-state index in [1.54, 1.807) is 25.1 Å². The van der Waals surface area contributed by atoms with Crippen LogP contribution in [0, 0.1) is 19.7 Å². The summed E-state index contributed by atoms with van der Waals surface area (Å²) in [5.74, 6) is 0.497. The smallest absolute Gasteiger partial charge is 0.270 e. The number of hydrogen-bond donors (Lipinski definition) is 2. The second-order valence-electron chi connectivity index (χ2n) is 6.34. The Morgan fingerprint density at radius 3 is 2.48 bits per heavy atom. The minimum Gasteiger partial charge on any atom is -0.366 e. The van der Waals surface area contributed by atoms with Gasteiger partial charge in [0.2, 0.25) is 0 Å². The van der Waals surface area contributed by atoms with Gasteiger partial charge in [0.1, 0.15) is 23.2 Å². The molecule has 2 N–H and O–H groups in total.